The maximum absolute atomic E-state index is 12.7. The number of piperazine rings is 2. The van der Waals surface area contributed by atoms with Crippen molar-refractivity contribution in [3.05, 3.63) is 29.3 Å². The van der Waals surface area contributed by atoms with Gasteiger partial charge in [0.05, 0.1) is 6.54 Å². The zero-order valence-corrected chi connectivity index (χ0v) is 16.9. The summed E-state index contributed by atoms with van der Waals surface area (Å²) in [5.74, 6) is 0.306. The van der Waals surface area contributed by atoms with Gasteiger partial charge in [-0.25, -0.2) is 0 Å². The minimum Gasteiger partial charge on any atom is -0.369 e. The zero-order valence-electron chi connectivity index (χ0n) is 16.2. The molecule has 0 unspecified atom stereocenters. The van der Waals surface area contributed by atoms with Gasteiger partial charge in [-0.1, -0.05) is 24.4 Å². The Hall–Kier alpha value is -1.30. The van der Waals surface area contributed by atoms with Gasteiger partial charge in [-0.3, -0.25) is 14.6 Å². The fourth-order valence-electron chi connectivity index (χ4n) is 4.71. The summed E-state index contributed by atoms with van der Waals surface area (Å²) in [6.45, 7) is 8.29. The summed E-state index contributed by atoms with van der Waals surface area (Å²) in [6, 6.07) is 8.82. The Balaban J connectivity index is 1.20. The second-order valence-corrected chi connectivity index (χ2v) is 8.53. The fraction of sp³-hybridized carbons (Fsp3) is 0.667. The van der Waals surface area contributed by atoms with Crippen LogP contribution in [-0.2, 0) is 4.79 Å². The Morgan fingerprint density at radius 3 is 2.15 bits per heavy atom. The summed E-state index contributed by atoms with van der Waals surface area (Å²) < 4.78 is 0. The number of nitrogens with zero attached hydrogens (tertiary/aromatic N) is 4. The molecule has 0 aromatic heterocycles. The average molecular weight is 391 g/mol. The molecule has 2 saturated heterocycles. The Morgan fingerprint density at radius 1 is 0.889 bits per heavy atom. The molecule has 1 aliphatic carbocycles. The summed E-state index contributed by atoms with van der Waals surface area (Å²) in [4.78, 5) is 22.1. The minimum atomic E-state index is 0.306. The van der Waals surface area contributed by atoms with E-state index in [2.05, 4.69) is 31.7 Å². The van der Waals surface area contributed by atoms with Crippen LogP contribution in [0.5, 0.6) is 0 Å². The van der Waals surface area contributed by atoms with Crippen LogP contribution >= 0.6 is 11.6 Å². The van der Waals surface area contributed by atoms with Crippen LogP contribution in [0.1, 0.15) is 25.7 Å². The van der Waals surface area contributed by atoms with Crippen LogP contribution < -0.4 is 4.90 Å². The molecule has 1 aromatic carbocycles. The van der Waals surface area contributed by atoms with Gasteiger partial charge in [-0.15, -0.1) is 0 Å². The number of rotatable bonds is 4. The molecule has 0 atom stereocenters. The predicted molar refractivity (Wildman–Crippen MR) is 111 cm³/mol. The van der Waals surface area contributed by atoms with Crippen LogP contribution in [-0.4, -0.2) is 85.6 Å². The number of carbonyl (C=O) groups is 1. The predicted octanol–water partition coefficient (Wildman–Crippen LogP) is 2.55. The molecule has 0 bridgehead atoms. The van der Waals surface area contributed by atoms with Crippen LogP contribution in [0.2, 0.25) is 5.02 Å². The topological polar surface area (TPSA) is 30.0 Å². The number of anilines is 1. The lowest BCUT2D eigenvalue weighted by molar-refractivity contribution is -0.134. The molecule has 6 heteroatoms. The van der Waals surface area contributed by atoms with Crippen LogP contribution in [0.3, 0.4) is 0 Å². The summed E-state index contributed by atoms with van der Waals surface area (Å²) in [5.41, 5.74) is 1.22. The van der Waals surface area contributed by atoms with Gasteiger partial charge >= 0.3 is 0 Å². The Kier molecular flexibility index (Phi) is 6.21. The van der Waals surface area contributed by atoms with E-state index in [9.17, 15) is 4.79 Å². The van der Waals surface area contributed by atoms with Gasteiger partial charge < -0.3 is 9.80 Å². The number of halogens is 1. The maximum atomic E-state index is 12.7. The first-order valence-corrected chi connectivity index (χ1v) is 10.8. The van der Waals surface area contributed by atoms with Crippen LogP contribution in [0.25, 0.3) is 0 Å². The van der Waals surface area contributed by atoms with Crippen LogP contribution in [0.15, 0.2) is 24.3 Å². The minimum absolute atomic E-state index is 0.306. The third kappa shape index (κ3) is 4.76. The number of hydrogen-bond acceptors (Lipinski definition) is 4. The SMILES string of the molecule is O=C(CN1CCN(c2ccc(Cl)cc2)CC1)N1CCN(C2CCCC2)CC1. The number of hydrogen-bond donors (Lipinski definition) is 0. The van der Waals surface area contributed by atoms with Gasteiger partial charge in [0, 0.05) is 69.1 Å². The summed E-state index contributed by atoms with van der Waals surface area (Å²) in [6.07, 6.45) is 5.47. The molecule has 1 aromatic rings. The lowest BCUT2D eigenvalue weighted by Gasteiger charge is -2.40. The van der Waals surface area contributed by atoms with E-state index in [-0.39, 0.29) is 0 Å². The second-order valence-electron chi connectivity index (χ2n) is 8.09. The van der Waals surface area contributed by atoms with Crippen molar-refractivity contribution < 1.29 is 4.79 Å². The molecule has 3 fully saturated rings. The fourth-order valence-corrected chi connectivity index (χ4v) is 4.84. The quantitative estimate of drug-likeness (QED) is 0.790. The molecule has 2 aliphatic heterocycles. The molecule has 4 rings (SSSR count). The smallest absolute Gasteiger partial charge is 0.236 e. The highest BCUT2D eigenvalue weighted by atomic mass is 35.5. The van der Waals surface area contributed by atoms with Gasteiger partial charge in [0.1, 0.15) is 0 Å². The third-order valence-corrected chi connectivity index (χ3v) is 6.68. The van der Waals surface area contributed by atoms with E-state index in [1.54, 1.807) is 0 Å². The second kappa shape index (κ2) is 8.80. The average Bonchev–Trinajstić information content (AvgIpc) is 3.24. The van der Waals surface area contributed by atoms with E-state index >= 15 is 0 Å². The van der Waals surface area contributed by atoms with Crippen LogP contribution in [0, 0.1) is 0 Å². The highest BCUT2D eigenvalue weighted by molar-refractivity contribution is 6.30. The highest BCUT2D eigenvalue weighted by Crippen LogP contribution is 2.24. The number of carbonyl (C=O) groups excluding carboxylic acids is 1. The van der Waals surface area contributed by atoms with Gasteiger partial charge in [0.2, 0.25) is 5.91 Å². The summed E-state index contributed by atoms with van der Waals surface area (Å²) in [5, 5.41) is 0.774. The Morgan fingerprint density at radius 2 is 1.52 bits per heavy atom. The van der Waals surface area contributed by atoms with Crippen LogP contribution in [0.4, 0.5) is 5.69 Å². The molecule has 27 heavy (non-hydrogen) atoms. The summed E-state index contributed by atoms with van der Waals surface area (Å²) in [7, 11) is 0. The molecule has 0 radical (unpaired) electrons. The van der Waals surface area contributed by atoms with Crippen molar-refractivity contribution in [2.24, 2.45) is 0 Å². The standard InChI is InChI=1S/C21H31ClN4O/c22-18-5-7-20(8-6-18)24-11-9-23(10-12-24)17-21(27)26-15-13-25(14-16-26)19-3-1-2-4-19/h5-8,19H,1-4,9-17H2. The molecule has 148 valence electrons. The van der Waals surface area contributed by atoms with Crippen molar-refractivity contribution in [1.29, 1.82) is 0 Å². The van der Waals surface area contributed by atoms with Crippen molar-refractivity contribution >= 4 is 23.2 Å². The van der Waals surface area contributed by atoms with Crippen molar-refractivity contribution in [1.82, 2.24) is 14.7 Å². The van der Waals surface area contributed by atoms with Crippen molar-refractivity contribution in [2.75, 3.05) is 63.8 Å². The first-order valence-electron chi connectivity index (χ1n) is 10.4. The Labute approximate surface area is 167 Å². The van der Waals surface area contributed by atoms with E-state index in [0.717, 1.165) is 63.4 Å². The highest BCUT2D eigenvalue weighted by Gasteiger charge is 2.29. The molecule has 5 nitrogen and oxygen atoms in total. The zero-order chi connectivity index (χ0) is 18.6. The molecular weight excluding hydrogens is 360 g/mol. The molecular formula is C21H31ClN4O. The van der Waals surface area contributed by atoms with Crippen molar-refractivity contribution in [3.63, 3.8) is 0 Å². The lowest BCUT2D eigenvalue weighted by Crippen LogP contribution is -2.55. The van der Waals surface area contributed by atoms with Crippen molar-refractivity contribution in [2.45, 2.75) is 31.7 Å². The van der Waals surface area contributed by atoms with Gasteiger partial charge in [0.25, 0.3) is 0 Å². The number of benzene rings is 1. The maximum Gasteiger partial charge on any atom is 0.236 e. The normalized spacial score (nSPS) is 23.1. The summed E-state index contributed by atoms with van der Waals surface area (Å²) >= 11 is 5.98. The van der Waals surface area contributed by atoms with Gasteiger partial charge in [-0.2, -0.15) is 0 Å². The molecule has 2 heterocycles. The molecule has 0 spiro atoms. The molecule has 1 saturated carbocycles. The molecule has 0 N–H and O–H groups in total. The van der Waals surface area contributed by atoms with E-state index in [0.29, 0.717) is 12.5 Å². The van der Waals surface area contributed by atoms with Gasteiger partial charge in [-0.05, 0) is 37.1 Å². The van der Waals surface area contributed by atoms with E-state index in [1.165, 1.54) is 31.4 Å². The van der Waals surface area contributed by atoms with E-state index in [1.807, 2.05) is 12.1 Å². The first kappa shape index (κ1) is 19.0. The van der Waals surface area contributed by atoms with Gasteiger partial charge in [0.15, 0.2) is 0 Å². The van der Waals surface area contributed by atoms with E-state index < -0.39 is 0 Å². The first-order chi connectivity index (χ1) is 13.2. The van der Waals surface area contributed by atoms with E-state index in [4.69, 9.17) is 11.6 Å². The third-order valence-electron chi connectivity index (χ3n) is 6.43. The molecule has 1 amide bonds. The lowest BCUT2D eigenvalue weighted by atomic mass is 10.2. The monoisotopic (exact) mass is 390 g/mol. The largest absolute Gasteiger partial charge is 0.369 e. The number of amides is 1. The Bertz CT molecular complexity index is 616. The van der Waals surface area contributed by atoms with Crippen molar-refractivity contribution in [3.8, 4) is 0 Å². The molecule has 3 aliphatic rings.